The number of ether oxygens (including phenoxy) is 1. The van der Waals surface area contributed by atoms with Crippen LogP contribution in [0, 0.1) is 0 Å². The average Bonchev–Trinajstić information content (AvgIpc) is 3.33. The van der Waals surface area contributed by atoms with E-state index in [1.807, 2.05) is 22.8 Å². The van der Waals surface area contributed by atoms with Crippen molar-refractivity contribution < 1.29 is 13.5 Å². The monoisotopic (exact) mass is 371 g/mol. The van der Waals surface area contributed by atoms with Gasteiger partial charge in [-0.05, 0) is 42.7 Å². The summed E-state index contributed by atoms with van der Waals surface area (Å²) in [5, 5.41) is 8.77. The van der Waals surface area contributed by atoms with Gasteiger partial charge in [0.25, 0.3) is 0 Å². The van der Waals surface area contributed by atoms with Gasteiger partial charge in [0.15, 0.2) is 5.82 Å². The summed E-state index contributed by atoms with van der Waals surface area (Å²) in [4.78, 5) is 6.61. The molecule has 3 heterocycles. The predicted octanol–water partition coefficient (Wildman–Crippen LogP) is 3.59. The second-order valence-corrected chi connectivity index (χ2v) is 6.34. The highest BCUT2D eigenvalue weighted by molar-refractivity contribution is 5.53. The summed E-state index contributed by atoms with van der Waals surface area (Å²) in [5.41, 5.74) is 1.68. The van der Waals surface area contributed by atoms with E-state index in [9.17, 15) is 8.78 Å². The van der Waals surface area contributed by atoms with Gasteiger partial charge in [-0.1, -0.05) is 18.2 Å². The van der Waals surface area contributed by atoms with Gasteiger partial charge in [-0.2, -0.15) is 8.78 Å². The zero-order chi connectivity index (χ0) is 18.6. The SMILES string of the molecule is FC(F)Oc1ccc(Cn2c(-c3ccccn3)nnc2N2CCCC2)cc1. The summed E-state index contributed by atoms with van der Waals surface area (Å²) >= 11 is 0. The van der Waals surface area contributed by atoms with Crippen LogP contribution in [0.1, 0.15) is 18.4 Å². The predicted molar refractivity (Wildman–Crippen MR) is 96.9 cm³/mol. The first-order valence-electron chi connectivity index (χ1n) is 8.84. The van der Waals surface area contributed by atoms with Gasteiger partial charge < -0.3 is 9.64 Å². The highest BCUT2D eigenvalue weighted by atomic mass is 19.3. The minimum Gasteiger partial charge on any atom is -0.435 e. The molecule has 1 aliphatic rings. The van der Waals surface area contributed by atoms with E-state index in [0.29, 0.717) is 12.4 Å². The van der Waals surface area contributed by atoms with E-state index in [1.165, 1.54) is 0 Å². The fourth-order valence-corrected chi connectivity index (χ4v) is 3.23. The first-order valence-corrected chi connectivity index (χ1v) is 8.84. The molecule has 0 spiro atoms. The van der Waals surface area contributed by atoms with Crippen LogP contribution in [0.2, 0.25) is 0 Å². The van der Waals surface area contributed by atoms with Crippen molar-refractivity contribution in [3.63, 3.8) is 0 Å². The minimum absolute atomic E-state index is 0.141. The van der Waals surface area contributed by atoms with E-state index in [1.54, 1.807) is 30.5 Å². The van der Waals surface area contributed by atoms with Crippen molar-refractivity contribution in [3.8, 4) is 17.3 Å². The third-order valence-electron chi connectivity index (χ3n) is 4.50. The molecule has 6 nitrogen and oxygen atoms in total. The Bertz CT molecular complexity index is 877. The van der Waals surface area contributed by atoms with E-state index >= 15 is 0 Å². The third kappa shape index (κ3) is 3.89. The molecule has 0 unspecified atom stereocenters. The number of pyridine rings is 1. The first kappa shape index (κ1) is 17.4. The molecule has 1 fully saturated rings. The Kier molecular flexibility index (Phi) is 4.95. The number of anilines is 1. The van der Waals surface area contributed by atoms with Crippen molar-refractivity contribution >= 4 is 5.95 Å². The second-order valence-electron chi connectivity index (χ2n) is 6.34. The molecule has 0 atom stereocenters. The van der Waals surface area contributed by atoms with Crippen LogP contribution < -0.4 is 9.64 Å². The van der Waals surface area contributed by atoms with Gasteiger partial charge in [-0.25, -0.2) is 0 Å². The fraction of sp³-hybridized carbons (Fsp3) is 0.316. The molecular formula is C19H19F2N5O. The summed E-state index contributed by atoms with van der Waals surface area (Å²) < 4.78 is 31.1. The molecule has 1 saturated heterocycles. The van der Waals surface area contributed by atoms with Crippen LogP contribution in [0.3, 0.4) is 0 Å². The molecule has 140 valence electrons. The van der Waals surface area contributed by atoms with Gasteiger partial charge in [0, 0.05) is 19.3 Å². The molecule has 0 saturated carbocycles. The topological polar surface area (TPSA) is 56.1 Å². The van der Waals surface area contributed by atoms with Crippen molar-refractivity contribution in [1.82, 2.24) is 19.7 Å². The Morgan fingerprint density at radius 2 is 1.78 bits per heavy atom. The summed E-state index contributed by atoms with van der Waals surface area (Å²) in [6, 6.07) is 12.3. The van der Waals surface area contributed by atoms with Crippen LogP contribution >= 0.6 is 0 Å². The van der Waals surface area contributed by atoms with Gasteiger partial charge in [-0.15, -0.1) is 10.2 Å². The van der Waals surface area contributed by atoms with E-state index in [4.69, 9.17) is 0 Å². The Hall–Kier alpha value is -3.03. The molecule has 0 aliphatic carbocycles. The molecule has 0 N–H and O–H groups in total. The van der Waals surface area contributed by atoms with E-state index in [-0.39, 0.29) is 5.75 Å². The van der Waals surface area contributed by atoms with Crippen LogP contribution in [0.25, 0.3) is 11.5 Å². The molecule has 8 heteroatoms. The van der Waals surface area contributed by atoms with E-state index < -0.39 is 6.61 Å². The molecule has 4 rings (SSSR count). The summed E-state index contributed by atoms with van der Waals surface area (Å²) in [6.45, 7) is -0.422. The lowest BCUT2D eigenvalue weighted by Crippen LogP contribution is -2.22. The maximum Gasteiger partial charge on any atom is 0.387 e. The Morgan fingerprint density at radius 1 is 1.00 bits per heavy atom. The average molecular weight is 371 g/mol. The van der Waals surface area contributed by atoms with Crippen molar-refractivity contribution in [1.29, 1.82) is 0 Å². The molecule has 0 amide bonds. The largest absolute Gasteiger partial charge is 0.435 e. The van der Waals surface area contributed by atoms with Crippen LogP contribution in [0.5, 0.6) is 5.75 Å². The van der Waals surface area contributed by atoms with Crippen LogP contribution in [0.15, 0.2) is 48.7 Å². The van der Waals surface area contributed by atoms with Crippen molar-refractivity contribution in [2.45, 2.75) is 26.0 Å². The highest BCUT2D eigenvalue weighted by Crippen LogP contribution is 2.26. The first-order chi connectivity index (χ1) is 13.2. The number of rotatable bonds is 6. The molecular weight excluding hydrogens is 352 g/mol. The smallest absolute Gasteiger partial charge is 0.387 e. The molecule has 2 aromatic heterocycles. The number of hydrogen-bond acceptors (Lipinski definition) is 5. The Morgan fingerprint density at radius 3 is 2.44 bits per heavy atom. The standard InChI is InChI=1S/C19H19F2N5O/c20-18(21)27-15-8-6-14(7-9-15)13-26-17(16-5-1-2-10-22-16)23-24-19(26)25-11-3-4-12-25/h1-2,5-10,18H,3-4,11-13H2. The lowest BCUT2D eigenvalue weighted by molar-refractivity contribution is -0.0498. The number of benzene rings is 1. The fourth-order valence-electron chi connectivity index (χ4n) is 3.23. The van der Waals surface area contributed by atoms with Crippen LogP contribution in [0.4, 0.5) is 14.7 Å². The van der Waals surface area contributed by atoms with Gasteiger partial charge in [-0.3, -0.25) is 9.55 Å². The van der Waals surface area contributed by atoms with E-state index in [2.05, 4.69) is 24.8 Å². The van der Waals surface area contributed by atoms with E-state index in [0.717, 1.165) is 43.1 Å². The third-order valence-corrected chi connectivity index (χ3v) is 4.50. The number of hydrogen-bond donors (Lipinski definition) is 0. The number of alkyl halides is 2. The maximum atomic E-state index is 12.3. The molecule has 1 aromatic carbocycles. The number of nitrogens with zero attached hydrogens (tertiary/aromatic N) is 5. The Labute approximate surface area is 155 Å². The van der Waals surface area contributed by atoms with Gasteiger partial charge >= 0.3 is 6.61 Å². The number of halogens is 2. The van der Waals surface area contributed by atoms with Gasteiger partial charge in [0.1, 0.15) is 11.4 Å². The molecule has 27 heavy (non-hydrogen) atoms. The van der Waals surface area contributed by atoms with Crippen LogP contribution in [-0.2, 0) is 6.54 Å². The highest BCUT2D eigenvalue weighted by Gasteiger charge is 2.22. The quantitative estimate of drug-likeness (QED) is 0.663. The molecule has 3 aromatic rings. The zero-order valence-electron chi connectivity index (χ0n) is 14.6. The van der Waals surface area contributed by atoms with Crippen molar-refractivity contribution in [2.75, 3.05) is 18.0 Å². The zero-order valence-corrected chi connectivity index (χ0v) is 14.6. The lowest BCUT2D eigenvalue weighted by atomic mass is 10.2. The van der Waals surface area contributed by atoms with Gasteiger partial charge in [0.2, 0.25) is 5.95 Å². The molecule has 0 radical (unpaired) electrons. The summed E-state index contributed by atoms with van der Waals surface area (Å²) in [5.74, 6) is 1.63. The minimum atomic E-state index is -2.83. The van der Waals surface area contributed by atoms with Crippen molar-refractivity contribution in [2.24, 2.45) is 0 Å². The summed E-state index contributed by atoms with van der Waals surface area (Å²) in [6.07, 6.45) is 3.98. The molecule has 1 aliphatic heterocycles. The summed E-state index contributed by atoms with van der Waals surface area (Å²) in [7, 11) is 0. The second kappa shape index (κ2) is 7.69. The maximum absolute atomic E-state index is 12.3. The lowest BCUT2D eigenvalue weighted by Gasteiger charge is -2.18. The Balaban J connectivity index is 1.66. The number of aromatic nitrogens is 4. The van der Waals surface area contributed by atoms with Gasteiger partial charge in [0.05, 0.1) is 6.54 Å². The normalized spacial score (nSPS) is 14.1. The van der Waals surface area contributed by atoms with Crippen molar-refractivity contribution in [3.05, 3.63) is 54.2 Å². The molecule has 0 bridgehead atoms. The van der Waals surface area contributed by atoms with Crippen LogP contribution in [-0.4, -0.2) is 39.4 Å².